The van der Waals surface area contributed by atoms with Crippen LogP contribution in [0.2, 0.25) is 0 Å². The molecular formula is C14H10BrNO5. The average molecular weight is 352 g/mol. The van der Waals surface area contributed by atoms with Gasteiger partial charge in [-0.2, -0.15) is 0 Å². The van der Waals surface area contributed by atoms with Crippen LogP contribution in [0.1, 0.15) is 5.56 Å². The number of non-ortho nitro benzene ring substituents is 1. The van der Waals surface area contributed by atoms with E-state index in [2.05, 4.69) is 15.9 Å². The number of hydrogen-bond donors (Lipinski definition) is 0. The molecule has 0 saturated heterocycles. The Morgan fingerprint density at radius 3 is 2.52 bits per heavy atom. The van der Waals surface area contributed by atoms with Gasteiger partial charge in [0, 0.05) is 22.2 Å². The lowest BCUT2D eigenvalue weighted by atomic mass is 10.2. The highest BCUT2D eigenvalue weighted by Gasteiger charge is 2.16. The molecule has 0 radical (unpaired) electrons. The van der Waals surface area contributed by atoms with Crippen LogP contribution in [-0.4, -0.2) is 11.7 Å². The van der Waals surface area contributed by atoms with Crippen LogP contribution in [0.5, 0.6) is 17.2 Å². The van der Waals surface area contributed by atoms with Crippen LogP contribution in [0.4, 0.5) is 5.69 Å². The molecule has 0 saturated carbocycles. The van der Waals surface area contributed by atoms with Crippen molar-refractivity contribution in [2.45, 2.75) is 6.61 Å². The molecule has 0 aromatic heterocycles. The van der Waals surface area contributed by atoms with Crippen molar-refractivity contribution < 1.29 is 19.1 Å². The molecule has 0 unspecified atom stereocenters. The van der Waals surface area contributed by atoms with E-state index in [1.54, 1.807) is 12.1 Å². The molecule has 2 aromatic carbocycles. The highest BCUT2D eigenvalue weighted by Crippen LogP contribution is 2.37. The molecule has 6 nitrogen and oxygen atoms in total. The third-order valence-electron chi connectivity index (χ3n) is 2.98. The molecule has 0 aliphatic carbocycles. The molecule has 3 rings (SSSR count). The summed E-state index contributed by atoms with van der Waals surface area (Å²) in [4.78, 5) is 10.1. The first-order chi connectivity index (χ1) is 10.1. The quantitative estimate of drug-likeness (QED) is 0.620. The van der Waals surface area contributed by atoms with E-state index in [4.69, 9.17) is 14.2 Å². The number of hydrogen-bond acceptors (Lipinski definition) is 5. The Balaban J connectivity index is 1.71. The zero-order valence-electron chi connectivity index (χ0n) is 10.7. The zero-order valence-corrected chi connectivity index (χ0v) is 12.3. The number of halogens is 1. The minimum Gasteiger partial charge on any atom is -0.489 e. The molecule has 1 heterocycles. The standard InChI is InChI=1S/C14H10BrNO5/c15-12-6-14-13(20-8-21-14)5-9(12)7-19-11-3-1-10(2-4-11)16(17)18/h1-6H,7-8H2. The number of rotatable bonds is 4. The lowest BCUT2D eigenvalue weighted by Gasteiger charge is -2.09. The van der Waals surface area contributed by atoms with Crippen LogP contribution in [0.3, 0.4) is 0 Å². The van der Waals surface area contributed by atoms with Crippen molar-refractivity contribution in [2.24, 2.45) is 0 Å². The summed E-state index contributed by atoms with van der Waals surface area (Å²) in [6.45, 7) is 0.531. The molecule has 0 amide bonds. The first-order valence-electron chi connectivity index (χ1n) is 6.09. The summed E-state index contributed by atoms with van der Waals surface area (Å²) in [7, 11) is 0. The van der Waals surface area contributed by atoms with E-state index in [1.165, 1.54) is 12.1 Å². The van der Waals surface area contributed by atoms with Gasteiger partial charge < -0.3 is 14.2 Å². The maximum absolute atomic E-state index is 10.6. The van der Waals surface area contributed by atoms with Gasteiger partial charge in [0.1, 0.15) is 12.4 Å². The Bertz CT molecular complexity index is 687. The maximum Gasteiger partial charge on any atom is 0.269 e. The van der Waals surface area contributed by atoms with E-state index in [0.29, 0.717) is 23.9 Å². The van der Waals surface area contributed by atoms with Crippen LogP contribution in [-0.2, 0) is 6.61 Å². The van der Waals surface area contributed by atoms with Crippen molar-refractivity contribution in [3.63, 3.8) is 0 Å². The van der Waals surface area contributed by atoms with Gasteiger partial charge in [-0.1, -0.05) is 15.9 Å². The molecule has 0 N–H and O–H groups in total. The van der Waals surface area contributed by atoms with Gasteiger partial charge in [-0.3, -0.25) is 10.1 Å². The Labute approximate surface area is 128 Å². The lowest BCUT2D eigenvalue weighted by Crippen LogP contribution is -1.97. The van der Waals surface area contributed by atoms with Gasteiger partial charge in [0.2, 0.25) is 6.79 Å². The Kier molecular flexibility index (Phi) is 3.66. The number of nitro groups is 1. The summed E-state index contributed by atoms with van der Waals surface area (Å²) in [6.07, 6.45) is 0. The van der Waals surface area contributed by atoms with Gasteiger partial charge in [0.05, 0.1) is 4.92 Å². The van der Waals surface area contributed by atoms with Gasteiger partial charge in [-0.15, -0.1) is 0 Å². The second kappa shape index (κ2) is 5.61. The number of benzene rings is 2. The monoisotopic (exact) mass is 351 g/mol. The first-order valence-corrected chi connectivity index (χ1v) is 6.88. The lowest BCUT2D eigenvalue weighted by molar-refractivity contribution is -0.384. The number of nitro benzene ring substituents is 1. The topological polar surface area (TPSA) is 70.8 Å². The van der Waals surface area contributed by atoms with Gasteiger partial charge in [-0.25, -0.2) is 0 Å². The van der Waals surface area contributed by atoms with Gasteiger partial charge in [-0.05, 0) is 24.3 Å². The normalized spacial score (nSPS) is 12.2. The molecule has 0 spiro atoms. The molecule has 7 heteroatoms. The average Bonchev–Trinajstić information content (AvgIpc) is 2.92. The van der Waals surface area contributed by atoms with Crippen LogP contribution in [0, 0.1) is 10.1 Å². The molecular weight excluding hydrogens is 342 g/mol. The largest absolute Gasteiger partial charge is 0.489 e. The van der Waals surface area contributed by atoms with Crippen molar-refractivity contribution in [1.29, 1.82) is 0 Å². The minimum absolute atomic E-state index is 0.0339. The first kappa shape index (κ1) is 13.7. The second-order valence-electron chi connectivity index (χ2n) is 4.34. The van der Waals surface area contributed by atoms with Crippen molar-refractivity contribution >= 4 is 21.6 Å². The van der Waals surface area contributed by atoms with E-state index in [9.17, 15) is 10.1 Å². The van der Waals surface area contributed by atoms with Gasteiger partial charge >= 0.3 is 0 Å². The van der Waals surface area contributed by atoms with Crippen molar-refractivity contribution in [3.05, 3.63) is 56.5 Å². The molecule has 0 bridgehead atoms. The zero-order chi connectivity index (χ0) is 14.8. The Hall–Kier alpha value is -2.28. The predicted octanol–water partition coefficient (Wildman–Crippen LogP) is 3.67. The highest BCUT2D eigenvalue weighted by molar-refractivity contribution is 9.10. The van der Waals surface area contributed by atoms with Crippen LogP contribution in [0.25, 0.3) is 0 Å². The molecule has 1 aliphatic rings. The highest BCUT2D eigenvalue weighted by atomic mass is 79.9. The smallest absolute Gasteiger partial charge is 0.269 e. The second-order valence-corrected chi connectivity index (χ2v) is 5.19. The molecule has 21 heavy (non-hydrogen) atoms. The summed E-state index contributed by atoms with van der Waals surface area (Å²) >= 11 is 3.45. The number of fused-ring (bicyclic) bond motifs is 1. The van der Waals surface area contributed by atoms with Crippen molar-refractivity contribution in [2.75, 3.05) is 6.79 Å². The minimum atomic E-state index is -0.446. The van der Waals surface area contributed by atoms with E-state index in [-0.39, 0.29) is 12.5 Å². The fourth-order valence-electron chi connectivity index (χ4n) is 1.90. The summed E-state index contributed by atoms with van der Waals surface area (Å²) < 4.78 is 17.1. The SMILES string of the molecule is O=[N+]([O-])c1ccc(OCc2cc3c(cc2Br)OCO3)cc1. The molecule has 108 valence electrons. The van der Waals surface area contributed by atoms with E-state index < -0.39 is 4.92 Å². The Morgan fingerprint density at radius 2 is 1.86 bits per heavy atom. The van der Waals surface area contributed by atoms with E-state index in [0.717, 1.165) is 10.0 Å². The van der Waals surface area contributed by atoms with E-state index >= 15 is 0 Å². The fraction of sp³-hybridized carbons (Fsp3) is 0.143. The summed E-state index contributed by atoms with van der Waals surface area (Å²) in [5.41, 5.74) is 0.934. The summed E-state index contributed by atoms with van der Waals surface area (Å²) in [6, 6.07) is 9.63. The number of ether oxygens (including phenoxy) is 3. The van der Waals surface area contributed by atoms with Gasteiger partial charge in [0.15, 0.2) is 11.5 Å². The van der Waals surface area contributed by atoms with Gasteiger partial charge in [0.25, 0.3) is 5.69 Å². The summed E-state index contributed by atoms with van der Waals surface area (Å²) in [5.74, 6) is 1.94. The number of nitrogens with zero attached hydrogens (tertiary/aromatic N) is 1. The third-order valence-corrected chi connectivity index (χ3v) is 3.72. The molecule has 0 atom stereocenters. The van der Waals surface area contributed by atoms with Crippen LogP contribution in [0.15, 0.2) is 40.9 Å². The van der Waals surface area contributed by atoms with Crippen molar-refractivity contribution in [1.82, 2.24) is 0 Å². The van der Waals surface area contributed by atoms with Crippen LogP contribution >= 0.6 is 15.9 Å². The van der Waals surface area contributed by atoms with Crippen LogP contribution < -0.4 is 14.2 Å². The summed E-state index contributed by atoms with van der Waals surface area (Å²) in [5, 5.41) is 10.6. The predicted molar refractivity (Wildman–Crippen MR) is 77.7 cm³/mol. The molecule has 0 fully saturated rings. The third kappa shape index (κ3) is 2.92. The van der Waals surface area contributed by atoms with E-state index in [1.807, 2.05) is 12.1 Å². The Morgan fingerprint density at radius 1 is 1.19 bits per heavy atom. The maximum atomic E-state index is 10.6. The fourth-order valence-corrected chi connectivity index (χ4v) is 2.33. The van der Waals surface area contributed by atoms with Crippen molar-refractivity contribution in [3.8, 4) is 17.2 Å². The molecule has 2 aromatic rings. The molecule has 1 aliphatic heterocycles.